The molecular formula is C24H25N3OS. The molecule has 1 aliphatic heterocycles. The molecule has 2 aromatic carbocycles. The van der Waals surface area contributed by atoms with Crippen molar-refractivity contribution in [3.63, 3.8) is 0 Å². The van der Waals surface area contributed by atoms with E-state index in [2.05, 4.69) is 46.3 Å². The number of carbonyl (C=O) groups excluding carboxylic acids is 1. The highest BCUT2D eigenvalue weighted by atomic mass is 32.2. The fourth-order valence-electron chi connectivity index (χ4n) is 3.56. The topological polar surface area (TPSA) is 36.4 Å². The van der Waals surface area contributed by atoms with E-state index in [4.69, 9.17) is 0 Å². The summed E-state index contributed by atoms with van der Waals surface area (Å²) in [5.74, 6) is 0.202. The second-order valence-corrected chi connectivity index (χ2v) is 8.36. The van der Waals surface area contributed by atoms with Crippen molar-refractivity contribution in [3.05, 3.63) is 96.3 Å². The Morgan fingerprint density at radius 2 is 1.48 bits per heavy atom. The molecule has 0 N–H and O–H groups in total. The number of nitrogens with zero attached hydrogens (tertiary/aromatic N) is 3. The molecule has 1 aliphatic rings. The predicted octanol–water partition coefficient (Wildman–Crippen LogP) is 4.26. The first-order chi connectivity index (χ1) is 14.3. The zero-order chi connectivity index (χ0) is 19.9. The van der Waals surface area contributed by atoms with Gasteiger partial charge in [0, 0.05) is 50.0 Å². The number of hydrogen-bond acceptors (Lipinski definition) is 4. The maximum Gasteiger partial charge on any atom is 0.240 e. The third kappa shape index (κ3) is 5.25. The van der Waals surface area contributed by atoms with Gasteiger partial charge in [0.1, 0.15) is 5.25 Å². The molecule has 0 radical (unpaired) electrons. The second kappa shape index (κ2) is 9.72. The zero-order valence-electron chi connectivity index (χ0n) is 16.4. The highest BCUT2D eigenvalue weighted by Gasteiger charge is 2.29. The molecule has 1 saturated heterocycles. The molecule has 1 fully saturated rings. The Labute approximate surface area is 176 Å². The molecule has 3 aromatic rings. The van der Waals surface area contributed by atoms with Crippen molar-refractivity contribution >= 4 is 17.7 Å². The van der Waals surface area contributed by atoms with E-state index >= 15 is 0 Å². The Bertz CT molecular complexity index is 897. The smallest absolute Gasteiger partial charge is 0.240 e. The van der Waals surface area contributed by atoms with Crippen molar-refractivity contribution in [1.82, 2.24) is 14.8 Å². The summed E-state index contributed by atoms with van der Waals surface area (Å²) in [5, 5.41) is -0.217. The average molecular weight is 404 g/mol. The Morgan fingerprint density at radius 1 is 0.862 bits per heavy atom. The van der Waals surface area contributed by atoms with E-state index in [1.54, 1.807) is 11.8 Å². The van der Waals surface area contributed by atoms with Gasteiger partial charge in [-0.1, -0.05) is 48.5 Å². The minimum absolute atomic E-state index is 0.202. The van der Waals surface area contributed by atoms with Gasteiger partial charge in [-0.2, -0.15) is 0 Å². The first-order valence-electron chi connectivity index (χ1n) is 9.96. The van der Waals surface area contributed by atoms with Gasteiger partial charge in [-0.25, -0.2) is 0 Å². The van der Waals surface area contributed by atoms with E-state index in [0.717, 1.165) is 43.2 Å². The van der Waals surface area contributed by atoms with E-state index in [9.17, 15) is 4.79 Å². The fourth-order valence-corrected chi connectivity index (χ4v) is 4.69. The van der Waals surface area contributed by atoms with Crippen LogP contribution in [0.2, 0.25) is 0 Å². The highest BCUT2D eigenvalue weighted by molar-refractivity contribution is 8.00. The van der Waals surface area contributed by atoms with Crippen LogP contribution >= 0.6 is 11.8 Å². The number of pyridine rings is 1. The van der Waals surface area contributed by atoms with Crippen LogP contribution in [0.15, 0.2) is 90.1 Å². The van der Waals surface area contributed by atoms with E-state index in [1.165, 1.54) is 5.56 Å². The molecule has 0 bridgehead atoms. The van der Waals surface area contributed by atoms with Crippen molar-refractivity contribution < 1.29 is 4.79 Å². The average Bonchev–Trinajstić information content (AvgIpc) is 2.79. The number of aromatic nitrogens is 1. The van der Waals surface area contributed by atoms with Gasteiger partial charge in [0.25, 0.3) is 0 Å². The number of hydrogen-bond donors (Lipinski definition) is 0. The lowest BCUT2D eigenvalue weighted by Crippen LogP contribution is -2.49. The van der Waals surface area contributed by atoms with Gasteiger partial charge in [-0.05, 0) is 35.4 Å². The summed E-state index contributed by atoms with van der Waals surface area (Å²) in [5.41, 5.74) is 2.33. The number of piperazine rings is 1. The third-order valence-electron chi connectivity index (χ3n) is 5.16. The maximum atomic E-state index is 13.4. The summed E-state index contributed by atoms with van der Waals surface area (Å²) in [7, 11) is 0. The van der Waals surface area contributed by atoms with Gasteiger partial charge in [-0.15, -0.1) is 11.8 Å². The molecule has 0 unspecified atom stereocenters. The Kier molecular flexibility index (Phi) is 6.60. The standard InChI is InChI=1S/C24H25N3OS/c28-24(27-17-15-26(16-18-27)19-20-11-13-25-14-12-20)23(21-7-3-1-4-8-21)29-22-9-5-2-6-10-22/h1-14,23H,15-19H2/t23-/m0/s1. The molecule has 5 heteroatoms. The van der Waals surface area contributed by atoms with E-state index < -0.39 is 0 Å². The molecule has 148 valence electrons. The van der Waals surface area contributed by atoms with Gasteiger partial charge in [0.05, 0.1) is 0 Å². The summed E-state index contributed by atoms with van der Waals surface area (Å²) < 4.78 is 0. The van der Waals surface area contributed by atoms with Crippen molar-refractivity contribution in [2.45, 2.75) is 16.7 Å². The van der Waals surface area contributed by atoms with Crippen LogP contribution in [0.4, 0.5) is 0 Å². The normalized spacial score (nSPS) is 15.8. The number of amides is 1. The van der Waals surface area contributed by atoms with Crippen molar-refractivity contribution in [2.75, 3.05) is 26.2 Å². The summed E-state index contributed by atoms with van der Waals surface area (Å²) in [6.07, 6.45) is 3.67. The van der Waals surface area contributed by atoms with Crippen LogP contribution in [0.1, 0.15) is 16.4 Å². The molecule has 4 rings (SSSR count). The monoisotopic (exact) mass is 403 g/mol. The Morgan fingerprint density at radius 3 is 2.14 bits per heavy atom. The summed E-state index contributed by atoms with van der Waals surface area (Å²) in [4.78, 5) is 23.1. The molecule has 0 spiro atoms. The summed E-state index contributed by atoms with van der Waals surface area (Å²) >= 11 is 1.64. The lowest BCUT2D eigenvalue weighted by Gasteiger charge is -2.36. The SMILES string of the molecule is O=C([C@@H](Sc1ccccc1)c1ccccc1)N1CCN(Cc2ccncc2)CC1. The lowest BCUT2D eigenvalue weighted by atomic mass is 10.1. The first-order valence-corrected chi connectivity index (χ1v) is 10.8. The number of rotatable bonds is 6. The van der Waals surface area contributed by atoms with Crippen LogP contribution in [0, 0.1) is 0 Å². The molecular weight excluding hydrogens is 378 g/mol. The number of carbonyl (C=O) groups is 1. The van der Waals surface area contributed by atoms with Gasteiger partial charge in [0.2, 0.25) is 5.91 Å². The number of thioether (sulfide) groups is 1. The molecule has 1 aromatic heterocycles. The van der Waals surface area contributed by atoms with Crippen LogP contribution in [-0.4, -0.2) is 46.9 Å². The summed E-state index contributed by atoms with van der Waals surface area (Å²) in [6, 6.07) is 24.4. The molecule has 2 heterocycles. The van der Waals surface area contributed by atoms with Gasteiger partial charge in [0.15, 0.2) is 0 Å². The van der Waals surface area contributed by atoms with Gasteiger partial charge < -0.3 is 4.90 Å². The van der Waals surface area contributed by atoms with Crippen LogP contribution in [0.3, 0.4) is 0 Å². The lowest BCUT2D eigenvalue weighted by molar-refractivity contribution is -0.132. The second-order valence-electron chi connectivity index (χ2n) is 7.18. The van der Waals surface area contributed by atoms with E-state index in [-0.39, 0.29) is 11.2 Å². The molecule has 29 heavy (non-hydrogen) atoms. The fraction of sp³-hybridized carbons (Fsp3) is 0.250. The quantitative estimate of drug-likeness (QED) is 0.576. The predicted molar refractivity (Wildman–Crippen MR) is 118 cm³/mol. The Hall–Kier alpha value is -2.63. The highest BCUT2D eigenvalue weighted by Crippen LogP contribution is 2.36. The van der Waals surface area contributed by atoms with Crippen LogP contribution < -0.4 is 0 Å². The Balaban J connectivity index is 1.43. The minimum atomic E-state index is -0.217. The minimum Gasteiger partial charge on any atom is -0.339 e. The molecule has 0 saturated carbocycles. The van der Waals surface area contributed by atoms with Crippen molar-refractivity contribution in [2.24, 2.45) is 0 Å². The third-order valence-corrected chi connectivity index (χ3v) is 6.42. The molecule has 4 nitrogen and oxygen atoms in total. The van der Waals surface area contributed by atoms with Crippen LogP contribution in [0.25, 0.3) is 0 Å². The van der Waals surface area contributed by atoms with Crippen molar-refractivity contribution in [3.8, 4) is 0 Å². The maximum absolute atomic E-state index is 13.4. The molecule has 1 amide bonds. The zero-order valence-corrected chi connectivity index (χ0v) is 17.2. The number of benzene rings is 2. The van der Waals surface area contributed by atoms with Crippen LogP contribution in [0.5, 0.6) is 0 Å². The van der Waals surface area contributed by atoms with E-state index in [1.807, 2.05) is 53.7 Å². The van der Waals surface area contributed by atoms with Crippen LogP contribution in [-0.2, 0) is 11.3 Å². The van der Waals surface area contributed by atoms with Gasteiger partial charge in [-0.3, -0.25) is 14.7 Å². The summed E-state index contributed by atoms with van der Waals surface area (Å²) in [6.45, 7) is 4.23. The largest absolute Gasteiger partial charge is 0.339 e. The van der Waals surface area contributed by atoms with E-state index in [0.29, 0.717) is 0 Å². The molecule has 0 aliphatic carbocycles. The molecule has 1 atom stereocenters. The van der Waals surface area contributed by atoms with Crippen molar-refractivity contribution in [1.29, 1.82) is 0 Å². The van der Waals surface area contributed by atoms with Gasteiger partial charge >= 0.3 is 0 Å². The first kappa shape index (κ1) is 19.7.